The Hall–Kier alpha value is -7.16. The molecule has 0 amide bonds. The molecule has 252 valence electrons. The highest BCUT2D eigenvalue weighted by atomic mass is 16.3. The first-order valence-electron chi connectivity index (χ1n) is 18.4. The Labute approximate surface area is 312 Å². The molecule has 10 aromatic rings. The zero-order chi connectivity index (χ0) is 35.9. The van der Waals surface area contributed by atoms with Crippen LogP contribution in [-0.2, 0) is 0 Å². The van der Waals surface area contributed by atoms with Gasteiger partial charge in [0, 0.05) is 26.9 Å². The van der Waals surface area contributed by atoms with Crippen LogP contribution in [0, 0.1) is 0 Å². The van der Waals surface area contributed by atoms with E-state index in [1.54, 1.807) is 0 Å². The van der Waals surface area contributed by atoms with Gasteiger partial charge in [-0.1, -0.05) is 153 Å². The Morgan fingerprint density at radius 3 is 1.74 bits per heavy atom. The molecule has 2 heteroatoms. The van der Waals surface area contributed by atoms with E-state index < -0.39 is 0 Å². The highest BCUT2D eigenvalue weighted by Crippen LogP contribution is 2.49. The fraction of sp³-hybridized carbons (Fsp3) is 0. The molecule has 54 heavy (non-hydrogen) atoms. The number of nitrogens with zero attached hydrogens (tertiary/aromatic N) is 1. The zero-order valence-corrected chi connectivity index (χ0v) is 29.5. The van der Waals surface area contributed by atoms with E-state index in [9.17, 15) is 0 Å². The lowest BCUT2D eigenvalue weighted by atomic mass is 9.98. The number of hydrogen-bond acceptors (Lipinski definition) is 1. The first-order chi connectivity index (χ1) is 26.7. The van der Waals surface area contributed by atoms with E-state index in [1.807, 2.05) is 24.3 Å². The molecular weight excluding hydrogens is 655 g/mol. The molecule has 0 spiro atoms. The summed E-state index contributed by atoms with van der Waals surface area (Å²) in [6, 6.07) is 57.6. The number of aromatic nitrogens is 1. The summed E-state index contributed by atoms with van der Waals surface area (Å²) in [4.78, 5) is 0. The lowest BCUT2D eigenvalue weighted by Gasteiger charge is -2.18. The van der Waals surface area contributed by atoms with Gasteiger partial charge in [-0.2, -0.15) is 0 Å². The van der Waals surface area contributed by atoms with Gasteiger partial charge < -0.3 is 8.98 Å². The zero-order valence-electron chi connectivity index (χ0n) is 29.5. The van der Waals surface area contributed by atoms with Gasteiger partial charge in [0.25, 0.3) is 0 Å². The Morgan fingerprint density at radius 2 is 1.04 bits per heavy atom. The van der Waals surface area contributed by atoms with Crippen molar-refractivity contribution in [3.8, 4) is 27.9 Å². The van der Waals surface area contributed by atoms with E-state index in [1.165, 1.54) is 43.8 Å². The summed E-state index contributed by atoms with van der Waals surface area (Å²) in [5.74, 6) is 0. The number of allylic oxidation sites excluding steroid dienone is 4. The van der Waals surface area contributed by atoms with Gasteiger partial charge in [-0.05, 0) is 96.7 Å². The molecule has 0 saturated carbocycles. The average molecular weight is 688 g/mol. The maximum Gasteiger partial charge on any atom is 0.136 e. The Balaban J connectivity index is 1.45. The minimum absolute atomic E-state index is 0.869. The molecule has 1 aliphatic carbocycles. The van der Waals surface area contributed by atoms with E-state index >= 15 is 0 Å². The molecule has 0 N–H and O–H groups in total. The average Bonchev–Trinajstić information content (AvgIpc) is 3.77. The van der Waals surface area contributed by atoms with E-state index in [0.717, 1.165) is 71.3 Å². The van der Waals surface area contributed by atoms with Gasteiger partial charge in [0.05, 0.1) is 16.7 Å². The van der Waals surface area contributed by atoms with Crippen molar-refractivity contribution in [1.82, 2.24) is 4.57 Å². The first-order valence-corrected chi connectivity index (χ1v) is 18.4. The van der Waals surface area contributed by atoms with Crippen molar-refractivity contribution in [3.63, 3.8) is 0 Å². The van der Waals surface area contributed by atoms with Gasteiger partial charge in [0.15, 0.2) is 0 Å². The third kappa shape index (κ3) is 4.28. The molecular formula is C52H33NO. The number of benzene rings is 8. The summed E-state index contributed by atoms with van der Waals surface area (Å²) in [5, 5.41) is 11.6. The van der Waals surface area contributed by atoms with Crippen molar-refractivity contribution in [2.45, 2.75) is 0 Å². The van der Waals surface area contributed by atoms with Gasteiger partial charge in [-0.3, -0.25) is 0 Å². The first kappa shape index (κ1) is 30.5. The SMILES string of the molecule is C=C/C=C(\C=C)c1ccc2c(c1)c1ccccc1c1ccccc1c1cc3oc4ccccc4c3cc1n2-c1ccc2c3c(cccc13)-c1ccccc1-2. The molecule has 0 saturated heterocycles. The summed E-state index contributed by atoms with van der Waals surface area (Å²) in [6.45, 7) is 8.17. The number of hydrogen-bond donors (Lipinski definition) is 0. The lowest BCUT2D eigenvalue weighted by Crippen LogP contribution is -2.00. The van der Waals surface area contributed by atoms with Crippen molar-refractivity contribution in [2.24, 2.45) is 0 Å². The third-order valence-corrected chi connectivity index (χ3v) is 11.3. The molecule has 2 heterocycles. The van der Waals surface area contributed by atoms with Crippen LogP contribution in [0.3, 0.4) is 0 Å². The monoisotopic (exact) mass is 687 g/mol. The molecule has 0 fully saturated rings. The van der Waals surface area contributed by atoms with E-state index in [-0.39, 0.29) is 0 Å². The molecule has 11 rings (SSSR count). The lowest BCUT2D eigenvalue weighted by molar-refractivity contribution is 0.669. The predicted molar refractivity (Wildman–Crippen MR) is 231 cm³/mol. The molecule has 0 atom stereocenters. The van der Waals surface area contributed by atoms with Gasteiger partial charge in [-0.15, -0.1) is 0 Å². The topological polar surface area (TPSA) is 18.1 Å². The van der Waals surface area contributed by atoms with Gasteiger partial charge >= 0.3 is 0 Å². The number of furan rings is 1. The maximum atomic E-state index is 6.60. The van der Waals surface area contributed by atoms with Crippen molar-refractivity contribution >= 4 is 81.6 Å². The van der Waals surface area contributed by atoms with Crippen LogP contribution >= 0.6 is 0 Å². The van der Waals surface area contributed by atoms with Gasteiger partial charge in [0.1, 0.15) is 11.2 Å². The molecule has 0 aliphatic heterocycles. The number of para-hydroxylation sites is 1. The van der Waals surface area contributed by atoms with E-state index in [2.05, 4.69) is 169 Å². The molecule has 0 unspecified atom stereocenters. The van der Waals surface area contributed by atoms with Crippen molar-refractivity contribution < 1.29 is 4.42 Å². The highest BCUT2D eigenvalue weighted by Gasteiger charge is 2.23. The minimum Gasteiger partial charge on any atom is -0.456 e. The molecule has 0 bridgehead atoms. The second-order valence-electron chi connectivity index (χ2n) is 14.1. The third-order valence-electron chi connectivity index (χ3n) is 11.3. The molecule has 2 aromatic heterocycles. The molecule has 8 aromatic carbocycles. The number of rotatable bonds is 4. The number of fused-ring (bicyclic) bond motifs is 13. The van der Waals surface area contributed by atoms with Crippen LogP contribution < -0.4 is 0 Å². The van der Waals surface area contributed by atoms with E-state index in [0.29, 0.717) is 0 Å². The maximum absolute atomic E-state index is 6.60. The second-order valence-corrected chi connectivity index (χ2v) is 14.1. The second kappa shape index (κ2) is 11.7. The van der Waals surface area contributed by atoms with Crippen LogP contribution in [0.1, 0.15) is 5.56 Å². The smallest absolute Gasteiger partial charge is 0.136 e. The molecule has 0 radical (unpaired) electrons. The van der Waals surface area contributed by atoms with Crippen LogP contribution in [-0.4, -0.2) is 4.57 Å². The van der Waals surface area contributed by atoms with Crippen molar-refractivity contribution in [2.75, 3.05) is 0 Å². The van der Waals surface area contributed by atoms with Crippen LogP contribution in [0.4, 0.5) is 0 Å². The van der Waals surface area contributed by atoms with Crippen molar-refractivity contribution in [1.29, 1.82) is 0 Å². The summed E-state index contributed by atoms with van der Waals surface area (Å²) in [6.07, 6.45) is 5.77. The minimum atomic E-state index is 0.869. The van der Waals surface area contributed by atoms with Crippen LogP contribution in [0.2, 0.25) is 0 Å². The molecule has 1 aliphatic rings. The summed E-state index contributed by atoms with van der Waals surface area (Å²) in [7, 11) is 0. The van der Waals surface area contributed by atoms with E-state index in [4.69, 9.17) is 4.42 Å². The van der Waals surface area contributed by atoms with Gasteiger partial charge in [-0.25, -0.2) is 0 Å². The fourth-order valence-corrected chi connectivity index (χ4v) is 8.98. The standard InChI is InChI=1S/C52H33NO/c1-3-14-32(4-2)33-25-27-48-44(29-33)38-19-9-5-15-34(38)35-16-6-10-20-39(35)45-31-51-46(40-21-11-12-24-50(40)54-51)30-49(45)53(48)47-28-26-42-37-18-8-7-17-36(37)41-22-13-23-43(47)52(41)42/h3-31H,1-2H2/b32-14+. The normalized spacial score (nSPS) is 12.3. The Morgan fingerprint density at radius 1 is 0.444 bits per heavy atom. The van der Waals surface area contributed by atoms with Crippen molar-refractivity contribution in [3.05, 3.63) is 195 Å². The summed E-state index contributed by atoms with van der Waals surface area (Å²) >= 11 is 0. The van der Waals surface area contributed by atoms with Gasteiger partial charge in [0.2, 0.25) is 0 Å². The fourth-order valence-electron chi connectivity index (χ4n) is 8.98. The Kier molecular flexibility index (Phi) is 6.59. The highest BCUT2D eigenvalue weighted by molar-refractivity contribution is 6.23. The predicted octanol–water partition coefficient (Wildman–Crippen LogP) is 14.7. The summed E-state index contributed by atoms with van der Waals surface area (Å²) < 4.78 is 9.10. The quantitative estimate of drug-likeness (QED) is 0.168. The van der Waals surface area contributed by atoms with Crippen LogP contribution in [0.25, 0.3) is 110 Å². The largest absolute Gasteiger partial charge is 0.456 e. The molecule has 2 nitrogen and oxygen atoms in total. The van der Waals surface area contributed by atoms with Crippen LogP contribution in [0.15, 0.2) is 194 Å². The Bertz CT molecular complexity index is 3340. The van der Waals surface area contributed by atoms with Crippen LogP contribution in [0.5, 0.6) is 0 Å². The summed E-state index contributed by atoms with van der Waals surface area (Å²) in [5.41, 5.74) is 12.3.